The molecule has 8 nitrogen and oxygen atoms in total. The Morgan fingerprint density at radius 3 is 2.73 bits per heavy atom. The minimum Gasteiger partial charge on any atom is -0.466 e. The van der Waals surface area contributed by atoms with Crippen LogP contribution in [0, 0.1) is 18.3 Å². The monoisotopic (exact) mass is 478 g/mol. The molecule has 0 aliphatic carbocycles. The molecule has 2 aromatic heterocycles. The number of aromatic nitrogens is 1. The molecule has 3 N–H and O–H groups in total. The van der Waals surface area contributed by atoms with Crippen molar-refractivity contribution in [1.29, 1.82) is 5.26 Å². The Morgan fingerprint density at radius 2 is 2.09 bits per heavy atom. The molecule has 3 heterocycles. The number of benzene rings is 1. The maximum atomic E-state index is 13.6. The number of nitrogens with one attached hydrogen (secondary N) is 1. The second kappa shape index (κ2) is 8.90. The molecule has 1 aliphatic heterocycles. The Hall–Kier alpha value is -3.94. The van der Waals surface area contributed by atoms with Gasteiger partial charge in [0.15, 0.2) is 0 Å². The zero-order valence-electron chi connectivity index (χ0n) is 17.6. The summed E-state index contributed by atoms with van der Waals surface area (Å²) in [6.07, 6.45) is 1.05. The number of ether oxygens (including phenoxy) is 1. The number of hydrogen-bond acceptors (Lipinski definition) is 8. The van der Waals surface area contributed by atoms with Gasteiger partial charge in [0.05, 0.1) is 30.2 Å². The van der Waals surface area contributed by atoms with Crippen molar-refractivity contribution in [1.82, 2.24) is 4.57 Å². The van der Waals surface area contributed by atoms with Gasteiger partial charge in [-0.25, -0.2) is 4.79 Å². The highest BCUT2D eigenvalue weighted by Gasteiger charge is 2.36. The van der Waals surface area contributed by atoms with Gasteiger partial charge in [-0.05, 0) is 36.1 Å². The van der Waals surface area contributed by atoms with Gasteiger partial charge in [0.2, 0.25) is 0 Å². The number of anilines is 1. The molecule has 1 unspecified atom stereocenters. The van der Waals surface area contributed by atoms with Crippen molar-refractivity contribution in [2.24, 2.45) is 5.73 Å². The number of thiophene rings is 1. The Labute approximate surface area is 196 Å². The van der Waals surface area contributed by atoms with Gasteiger partial charge in [-0.2, -0.15) is 5.26 Å². The van der Waals surface area contributed by atoms with Gasteiger partial charge in [0.25, 0.3) is 11.5 Å². The summed E-state index contributed by atoms with van der Waals surface area (Å²) in [7, 11) is 1.20. The zero-order chi connectivity index (χ0) is 23.7. The lowest BCUT2D eigenvalue weighted by Crippen LogP contribution is -2.40. The fraction of sp³-hybridized carbons (Fsp3) is 0.130. The Balaban J connectivity index is 2.03. The van der Waals surface area contributed by atoms with Crippen LogP contribution in [0.2, 0.25) is 0 Å². The summed E-state index contributed by atoms with van der Waals surface area (Å²) in [6.45, 7) is 1.90. The summed E-state index contributed by atoms with van der Waals surface area (Å²) in [4.78, 5) is 39.2. The van der Waals surface area contributed by atoms with Crippen molar-refractivity contribution in [3.63, 3.8) is 0 Å². The molecule has 33 heavy (non-hydrogen) atoms. The van der Waals surface area contributed by atoms with Crippen LogP contribution in [0.15, 0.2) is 52.1 Å². The van der Waals surface area contributed by atoms with Crippen LogP contribution in [0.4, 0.5) is 5.69 Å². The quantitative estimate of drug-likeness (QED) is 0.547. The first-order chi connectivity index (χ1) is 15.8. The van der Waals surface area contributed by atoms with E-state index in [2.05, 4.69) is 16.1 Å². The van der Waals surface area contributed by atoms with Crippen LogP contribution >= 0.6 is 22.7 Å². The van der Waals surface area contributed by atoms with Crippen LogP contribution in [-0.4, -0.2) is 23.6 Å². The van der Waals surface area contributed by atoms with Crippen molar-refractivity contribution in [3.8, 4) is 6.07 Å². The molecule has 1 atom stereocenters. The summed E-state index contributed by atoms with van der Waals surface area (Å²) < 4.78 is 6.06. The second-order valence-corrected chi connectivity index (χ2v) is 9.19. The molecule has 166 valence electrons. The Morgan fingerprint density at radius 1 is 1.30 bits per heavy atom. The van der Waals surface area contributed by atoms with Gasteiger partial charge in [-0.15, -0.1) is 22.7 Å². The van der Waals surface area contributed by atoms with E-state index in [0.29, 0.717) is 5.69 Å². The summed E-state index contributed by atoms with van der Waals surface area (Å²) in [5.41, 5.74) is 7.49. The number of nitrogens with zero attached hydrogens (tertiary/aromatic N) is 2. The number of nitrogens with two attached hydrogens (primary N) is 1. The first-order valence-corrected chi connectivity index (χ1v) is 11.4. The van der Waals surface area contributed by atoms with Gasteiger partial charge >= 0.3 is 5.97 Å². The van der Waals surface area contributed by atoms with Crippen LogP contribution in [-0.2, 0) is 14.3 Å². The average molecular weight is 479 g/mol. The molecule has 4 rings (SSSR count). The number of hydrogen-bond donors (Lipinski definition) is 2. The summed E-state index contributed by atoms with van der Waals surface area (Å²) in [6, 6.07) is 13.0. The van der Waals surface area contributed by atoms with E-state index >= 15 is 0 Å². The number of nitriles is 1. The van der Waals surface area contributed by atoms with Crippen LogP contribution in [0.3, 0.4) is 0 Å². The molecule has 0 saturated carbocycles. The van der Waals surface area contributed by atoms with Crippen molar-refractivity contribution in [2.45, 2.75) is 12.8 Å². The number of aryl methyl sites for hydroxylation is 1. The van der Waals surface area contributed by atoms with E-state index in [1.807, 2.05) is 42.6 Å². The molecule has 0 saturated heterocycles. The highest BCUT2D eigenvalue weighted by Crippen LogP contribution is 2.38. The molecule has 0 fully saturated rings. The molecule has 1 amide bonds. The lowest BCUT2D eigenvalue weighted by atomic mass is 9.88. The minimum atomic E-state index is -0.760. The number of thiazole rings is 1. The molecular formula is C23H18N4O4S2. The minimum absolute atomic E-state index is 0.0461. The van der Waals surface area contributed by atoms with Crippen LogP contribution in [0.5, 0.6) is 0 Å². The van der Waals surface area contributed by atoms with E-state index in [4.69, 9.17) is 5.73 Å². The van der Waals surface area contributed by atoms with E-state index in [1.165, 1.54) is 18.4 Å². The predicted molar refractivity (Wildman–Crippen MR) is 128 cm³/mol. The maximum Gasteiger partial charge on any atom is 0.332 e. The van der Waals surface area contributed by atoms with E-state index in [-0.39, 0.29) is 26.2 Å². The zero-order valence-corrected chi connectivity index (χ0v) is 19.3. The van der Waals surface area contributed by atoms with Crippen LogP contribution in [0.25, 0.3) is 17.5 Å². The Bertz CT molecular complexity index is 1520. The number of carbonyl (C=O) groups excluding carboxylic acids is 2. The molecule has 1 aliphatic rings. The molecule has 0 spiro atoms. The van der Waals surface area contributed by atoms with Gasteiger partial charge in [0.1, 0.15) is 15.0 Å². The first kappa shape index (κ1) is 22.3. The number of methoxy groups -OCH3 is 1. The predicted octanol–water partition coefficient (Wildman–Crippen LogP) is 1.47. The van der Waals surface area contributed by atoms with Crippen molar-refractivity contribution in [3.05, 3.63) is 77.3 Å². The standard InChI is InChI=1S/C23H18N4O4S2/c1-12-5-3-6-13(9-12)26-21(29)19-18(15-7-4-8-32-15)14(11-24)20(25)27-22(30)16(33-23(19)27)10-17(28)31-2/h3-10,18H,25H2,1-2H3,(H,26,29). The highest BCUT2D eigenvalue weighted by molar-refractivity contribution is 7.10. The highest BCUT2D eigenvalue weighted by atomic mass is 32.1. The normalized spacial score (nSPS) is 15.7. The van der Waals surface area contributed by atoms with Gasteiger partial charge < -0.3 is 15.8 Å². The average Bonchev–Trinajstić information content (AvgIpc) is 3.42. The van der Waals surface area contributed by atoms with Crippen molar-refractivity contribution in [2.75, 3.05) is 12.4 Å². The lowest BCUT2D eigenvalue weighted by Gasteiger charge is -2.24. The number of fused-ring (bicyclic) bond motifs is 1. The third kappa shape index (κ3) is 4.00. The molecule has 3 aromatic rings. The molecule has 1 aromatic carbocycles. The van der Waals surface area contributed by atoms with E-state index in [1.54, 1.807) is 6.07 Å². The third-order valence-electron chi connectivity index (χ3n) is 5.07. The summed E-state index contributed by atoms with van der Waals surface area (Å²) >= 11 is 2.32. The third-order valence-corrected chi connectivity index (χ3v) is 7.11. The number of esters is 1. The molecular weight excluding hydrogens is 460 g/mol. The fourth-order valence-electron chi connectivity index (χ4n) is 3.59. The maximum absolute atomic E-state index is 13.6. The number of allylic oxidation sites excluding steroid dienone is 1. The van der Waals surface area contributed by atoms with E-state index < -0.39 is 23.4 Å². The van der Waals surface area contributed by atoms with Crippen LogP contribution in [0.1, 0.15) is 16.4 Å². The van der Waals surface area contributed by atoms with E-state index in [9.17, 15) is 19.6 Å². The van der Waals surface area contributed by atoms with Gasteiger partial charge in [-0.3, -0.25) is 14.2 Å². The molecule has 0 bridgehead atoms. The SMILES string of the molecule is COC(=O)C=c1sc2n(c1=O)C(N)=C(C#N)C(c1cccs1)C=2C(=O)Nc1cccc(C)c1. The van der Waals surface area contributed by atoms with Gasteiger partial charge in [0, 0.05) is 16.6 Å². The fourth-order valence-corrected chi connectivity index (χ4v) is 5.57. The smallest absolute Gasteiger partial charge is 0.332 e. The van der Waals surface area contributed by atoms with E-state index in [0.717, 1.165) is 32.4 Å². The van der Waals surface area contributed by atoms with Crippen molar-refractivity contribution >= 4 is 57.7 Å². The van der Waals surface area contributed by atoms with Crippen molar-refractivity contribution < 1.29 is 14.3 Å². The molecule has 0 radical (unpaired) electrons. The number of carbonyl (C=O) groups is 2. The number of amides is 1. The first-order valence-electron chi connectivity index (χ1n) is 9.73. The topological polar surface area (TPSA) is 127 Å². The summed E-state index contributed by atoms with van der Waals surface area (Å²) in [5, 5.41) is 14.6. The summed E-state index contributed by atoms with van der Waals surface area (Å²) in [5.74, 6) is -2.01. The molecule has 10 heteroatoms. The van der Waals surface area contributed by atoms with Crippen LogP contribution < -0.4 is 25.8 Å². The second-order valence-electron chi connectivity index (χ2n) is 7.18. The Kier molecular flexibility index (Phi) is 6.00. The van der Waals surface area contributed by atoms with Gasteiger partial charge in [-0.1, -0.05) is 18.2 Å². The number of rotatable bonds is 4. The lowest BCUT2D eigenvalue weighted by molar-refractivity contribution is -0.133. The largest absolute Gasteiger partial charge is 0.466 e.